The summed E-state index contributed by atoms with van der Waals surface area (Å²) in [4.78, 5) is 2.01. The smallest absolute Gasteiger partial charge is 0.746 e. The van der Waals surface area contributed by atoms with E-state index in [4.69, 9.17) is 0 Å². The third-order valence-corrected chi connectivity index (χ3v) is 1.91. The second kappa shape index (κ2) is 28.1. The molecule has 0 amide bonds. The molecule has 0 N–H and O–H groups in total. The van der Waals surface area contributed by atoms with Gasteiger partial charge in [-0.3, -0.25) is 0 Å². The van der Waals surface area contributed by atoms with E-state index in [-0.39, 0.29) is 80.7 Å². The fraction of sp³-hybridized carbons (Fsp3) is 1.00. The van der Waals surface area contributed by atoms with Gasteiger partial charge in [-0.25, -0.2) is 8.42 Å². The van der Waals surface area contributed by atoms with Crippen LogP contribution in [-0.2, 0) is 14.9 Å². The zero-order chi connectivity index (χ0) is 10.3. The van der Waals surface area contributed by atoms with Crippen molar-refractivity contribution in [2.75, 3.05) is 32.7 Å². The maximum absolute atomic E-state index is 10.1. The molecule has 128 valence electrons. The molecule has 0 rings (SSSR count). The molecule has 0 aromatic heterocycles. The quantitative estimate of drug-likeness (QED) is 0.390. The van der Waals surface area contributed by atoms with Crippen molar-refractivity contribution in [1.82, 2.24) is 4.90 Å². The Kier molecular flexibility index (Phi) is 69.8. The van der Waals surface area contributed by atoms with E-state index in [0.29, 0.717) is 6.54 Å². The predicted octanol–water partition coefficient (Wildman–Crippen LogP) is 0.668. The van der Waals surface area contributed by atoms with Crippen LogP contribution >= 0.6 is 0 Å². The van der Waals surface area contributed by atoms with E-state index in [9.17, 15) is 13.0 Å². The fourth-order valence-electron chi connectivity index (χ4n) is 0.875. The summed E-state index contributed by atoms with van der Waals surface area (Å²) in [5.41, 5.74) is 0. The molecule has 0 bridgehead atoms. The summed E-state index contributed by atoms with van der Waals surface area (Å²) in [6, 6.07) is 0. The number of ether oxygens (including phenoxy) is 1. The van der Waals surface area contributed by atoms with Gasteiger partial charge >= 0.3 is 29.6 Å². The van der Waals surface area contributed by atoms with Crippen LogP contribution in [0.25, 0.3) is 0 Å². The van der Waals surface area contributed by atoms with Crippen molar-refractivity contribution in [1.29, 1.82) is 0 Å². The Labute approximate surface area is 152 Å². The van der Waals surface area contributed by atoms with Crippen LogP contribution < -0.4 is 29.6 Å². The van der Waals surface area contributed by atoms with E-state index < -0.39 is 16.1 Å². The summed E-state index contributed by atoms with van der Waals surface area (Å²) in [5.74, 6) is -0.729. The molecule has 0 saturated heterocycles. The molecule has 0 atom stereocenters. The van der Waals surface area contributed by atoms with E-state index >= 15 is 0 Å². The van der Waals surface area contributed by atoms with Gasteiger partial charge in [-0.1, -0.05) is 51.5 Å². The average Bonchev–Trinajstić information content (AvgIpc) is 1.97. The third-order valence-electron chi connectivity index (χ3n) is 1.45. The van der Waals surface area contributed by atoms with Crippen LogP contribution in [0.15, 0.2) is 0 Å². The number of hydrogen-bond acceptors (Lipinski definition) is 5. The van der Waals surface area contributed by atoms with E-state index in [0.717, 1.165) is 13.0 Å². The van der Waals surface area contributed by atoms with Crippen molar-refractivity contribution < 1.29 is 47.3 Å². The van der Waals surface area contributed by atoms with E-state index in [1.807, 2.05) is 11.9 Å². The van der Waals surface area contributed by atoms with Gasteiger partial charge in [0.25, 0.3) is 0 Å². The number of nitrogens with zero attached hydrogens (tertiary/aromatic N) is 1. The van der Waals surface area contributed by atoms with Gasteiger partial charge in [0.15, 0.2) is 0 Å². The molecule has 20 heavy (non-hydrogen) atoms. The minimum Gasteiger partial charge on any atom is -0.746 e. The second-order valence-electron chi connectivity index (χ2n) is 2.89. The molecular formula is C13H40NNaO4S. The van der Waals surface area contributed by atoms with Crippen molar-refractivity contribution in [2.24, 2.45) is 0 Å². The van der Waals surface area contributed by atoms with E-state index in [1.165, 1.54) is 0 Å². The monoisotopic (exact) mass is 329 g/mol. The van der Waals surface area contributed by atoms with Gasteiger partial charge in [0.05, 0.1) is 6.61 Å². The minimum atomic E-state index is -4.23. The number of hydrogen-bond donors (Lipinski definition) is 0. The van der Waals surface area contributed by atoms with E-state index in [2.05, 4.69) is 11.7 Å². The molecule has 0 aliphatic carbocycles. The Morgan fingerprint density at radius 1 is 1.00 bits per heavy atom. The zero-order valence-corrected chi connectivity index (χ0v) is 11.8. The molecule has 0 aliphatic heterocycles. The average molecular weight is 330 g/mol. The number of rotatable bonds is 7. The SMILES string of the molecule is C.C.C.C.C.C.CCCN(C)CCOCS(=O)(=O)[O-].[Na+]. The molecule has 0 heterocycles. The molecule has 0 saturated carbocycles. The van der Waals surface area contributed by atoms with Crippen LogP contribution in [-0.4, -0.2) is 50.6 Å². The molecule has 5 nitrogen and oxygen atoms in total. The Hall–Kier alpha value is 0.830. The first-order valence-corrected chi connectivity index (χ1v) is 5.73. The number of likely N-dealkylation sites (N-methyl/N-ethyl adjacent to an activating group) is 1. The summed E-state index contributed by atoms with van der Waals surface area (Å²) in [5, 5.41) is 0. The minimum absolute atomic E-state index is 0. The topological polar surface area (TPSA) is 69.7 Å². The van der Waals surface area contributed by atoms with Crippen LogP contribution in [0.5, 0.6) is 0 Å². The zero-order valence-electron chi connectivity index (χ0n) is 9.02. The van der Waals surface area contributed by atoms with Gasteiger partial charge < -0.3 is 14.2 Å². The predicted molar refractivity (Wildman–Crippen MR) is 88.7 cm³/mol. The van der Waals surface area contributed by atoms with Crippen LogP contribution in [0.2, 0.25) is 0 Å². The van der Waals surface area contributed by atoms with Crippen LogP contribution in [0, 0.1) is 0 Å². The molecule has 0 aromatic carbocycles. The molecule has 0 aromatic rings. The first-order chi connectivity index (χ1) is 5.95. The molecule has 0 aliphatic rings. The molecule has 0 radical (unpaired) electrons. The maximum atomic E-state index is 10.1. The summed E-state index contributed by atoms with van der Waals surface area (Å²) in [6.45, 7) is 3.91. The molecular weight excluding hydrogens is 289 g/mol. The largest absolute Gasteiger partial charge is 1.00 e. The van der Waals surface area contributed by atoms with Crippen molar-refractivity contribution >= 4 is 10.1 Å². The summed E-state index contributed by atoms with van der Waals surface area (Å²) in [7, 11) is -2.31. The van der Waals surface area contributed by atoms with Gasteiger partial charge in [0, 0.05) is 6.54 Å². The standard InChI is InChI=1S/C7H17NO4S.6CH4.Na/c1-3-4-8(2)5-6-12-7-13(9,10)11;;;;;;;/h3-7H2,1-2H3,(H,9,10,11);6*1H4;/q;;;;;;;+1/p-1. The van der Waals surface area contributed by atoms with Crippen LogP contribution in [0.1, 0.15) is 57.9 Å². The fourth-order valence-corrected chi connectivity index (χ4v) is 1.20. The van der Waals surface area contributed by atoms with Crippen LogP contribution in [0.4, 0.5) is 0 Å². The summed E-state index contributed by atoms with van der Waals surface area (Å²) in [6.07, 6.45) is 1.04. The van der Waals surface area contributed by atoms with Gasteiger partial charge in [-0.05, 0) is 20.0 Å². The Morgan fingerprint density at radius 2 is 1.40 bits per heavy atom. The maximum Gasteiger partial charge on any atom is 1.00 e. The Morgan fingerprint density at radius 3 is 1.70 bits per heavy atom. The van der Waals surface area contributed by atoms with Gasteiger partial charge in [-0.2, -0.15) is 0 Å². The summed E-state index contributed by atoms with van der Waals surface area (Å²) < 4.78 is 35.0. The summed E-state index contributed by atoms with van der Waals surface area (Å²) >= 11 is 0. The van der Waals surface area contributed by atoms with Gasteiger partial charge in [0.1, 0.15) is 16.1 Å². The Balaban J connectivity index is -0.0000000343. The van der Waals surface area contributed by atoms with Gasteiger partial charge in [0.2, 0.25) is 0 Å². The van der Waals surface area contributed by atoms with Gasteiger partial charge in [-0.15, -0.1) is 0 Å². The first-order valence-electron chi connectivity index (χ1n) is 4.15. The van der Waals surface area contributed by atoms with Crippen molar-refractivity contribution in [3.8, 4) is 0 Å². The molecule has 0 unspecified atom stereocenters. The van der Waals surface area contributed by atoms with Crippen LogP contribution in [0.3, 0.4) is 0 Å². The Bertz CT molecular complexity index is 224. The second-order valence-corrected chi connectivity index (χ2v) is 4.24. The van der Waals surface area contributed by atoms with Crippen molar-refractivity contribution in [2.45, 2.75) is 57.9 Å². The van der Waals surface area contributed by atoms with Crippen molar-refractivity contribution in [3.05, 3.63) is 0 Å². The molecule has 7 heteroatoms. The van der Waals surface area contributed by atoms with Crippen molar-refractivity contribution in [3.63, 3.8) is 0 Å². The third kappa shape index (κ3) is 42.8. The molecule has 0 spiro atoms. The molecule has 0 fully saturated rings. The van der Waals surface area contributed by atoms with E-state index in [1.54, 1.807) is 0 Å². The first kappa shape index (κ1) is 49.8. The normalized spacial score (nSPS) is 8.00.